The summed E-state index contributed by atoms with van der Waals surface area (Å²) in [6.07, 6.45) is 7.14. The van der Waals surface area contributed by atoms with Gasteiger partial charge >= 0.3 is 17.1 Å². The van der Waals surface area contributed by atoms with Crippen molar-refractivity contribution in [2.75, 3.05) is 0 Å². The van der Waals surface area contributed by atoms with Gasteiger partial charge in [-0.15, -0.1) is 0 Å². The summed E-state index contributed by atoms with van der Waals surface area (Å²) in [5.74, 6) is 0. The summed E-state index contributed by atoms with van der Waals surface area (Å²) in [6, 6.07) is 52.3. The van der Waals surface area contributed by atoms with Crippen molar-refractivity contribution in [3.8, 4) is 67.8 Å². The smallest absolute Gasteiger partial charge is 1.00 e. The maximum Gasteiger partial charge on any atom is 2.00 e. The molecule has 0 aliphatic rings. The first-order valence-corrected chi connectivity index (χ1v) is 15.6. The van der Waals surface area contributed by atoms with Crippen LogP contribution in [-0.4, -0.2) is 84.7 Å². The predicted molar refractivity (Wildman–Crippen MR) is 228 cm³/mol. The molecule has 0 fully saturated rings. The minimum absolute atomic E-state index is 0. The van der Waals surface area contributed by atoms with E-state index in [4.69, 9.17) is 9.97 Å². The molecule has 0 bridgehead atoms. The molecule has 330 valence electrons. The molecule has 6 heterocycles. The Bertz CT molecular complexity index is 1810. The van der Waals surface area contributed by atoms with Crippen LogP contribution in [0.1, 0.15) is 0 Å². The van der Waals surface area contributed by atoms with Crippen LogP contribution in [0, 0.1) is 0 Å². The summed E-state index contributed by atoms with van der Waals surface area (Å²) < 4.78 is 0. The number of hydrogen-bond acceptors (Lipinski definition) is 6. The fourth-order valence-electron chi connectivity index (χ4n) is 5.24. The van der Waals surface area contributed by atoms with E-state index in [0.29, 0.717) is 0 Å². The third-order valence-electron chi connectivity index (χ3n) is 7.57. The van der Waals surface area contributed by atoms with Crippen LogP contribution in [0.15, 0.2) is 183 Å². The molecule has 0 unspecified atom stereocenters. The number of benzene rings is 2. The summed E-state index contributed by atoms with van der Waals surface area (Å²) in [6.45, 7) is 0. The van der Waals surface area contributed by atoms with Gasteiger partial charge in [0, 0.05) is 24.8 Å². The molecule has 16 nitrogen and oxygen atoms in total. The third kappa shape index (κ3) is 18.1. The normalized spacial score (nSPS) is 8.26. The minimum Gasteiger partial charge on any atom is -1.00 e. The van der Waals surface area contributed by atoms with Crippen molar-refractivity contribution in [2.24, 2.45) is 0 Å². The van der Waals surface area contributed by atoms with Crippen molar-refractivity contribution in [3.63, 3.8) is 0 Å². The van der Waals surface area contributed by atoms with Crippen molar-refractivity contribution < 1.29 is 96.6 Å². The van der Waals surface area contributed by atoms with E-state index in [0.717, 1.165) is 67.8 Å². The van der Waals surface area contributed by atoms with E-state index in [1.54, 1.807) is 24.8 Å². The molecule has 20 N–H and O–H groups in total. The van der Waals surface area contributed by atoms with Crippen LogP contribution in [0.5, 0.6) is 0 Å². The molecule has 0 aliphatic carbocycles. The molecule has 61 heavy (non-hydrogen) atoms. The van der Waals surface area contributed by atoms with E-state index < -0.39 is 0 Å². The maximum atomic E-state index is 4.77. The summed E-state index contributed by atoms with van der Waals surface area (Å²) in [7, 11) is 0. The largest absolute Gasteiger partial charge is 2.00 e. The number of halogens is 2. The van der Waals surface area contributed by atoms with Gasteiger partial charge in [0.05, 0.1) is 45.6 Å². The van der Waals surface area contributed by atoms with Crippen LogP contribution in [0.2, 0.25) is 0 Å². The van der Waals surface area contributed by atoms with Crippen LogP contribution in [-0.2, 0) is 17.1 Å². The quantitative estimate of drug-likeness (QED) is 0.148. The van der Waals surface area contributed by atoms with Crippen molar-refractivity contribution >= 4 is 0 Å². The van der Waals surface area contributed by atoms with E-state index in [1.165, 1.54) is 0 Å². The summed E-state index contributed by atoms with van der Waals surface area (Å²) in [4.78, 5) is 27.3. The molecule has 0 spiro atoms. The van der Waals surface area contributed by atoms with Crippen LogP contribution in [0.25, 0.3) is 67.8 Å². The van der Waals surface area contributed by atoms with Gasteiger partial charge in [-0.1, -0.05) is 84.9 Å². The molecule has 6 aromatic heterocycles. The average Bonchev–Trinajstić information content (AvgIpc) is 3.20. The average molecular weight is 926 g/mol. The fraction of sp³-hybridized carbons (Fsp3) is 0. The molecule has 19 heteroatoms. The zero-order valence-electron chi connectivity index (χ0n) is 32.1. The van der Waals surface area contributed by atoms with Crippen molar-refractivity contribution in [1.82, 2.24) is 29.9 Å². The Morgan fingerprint density at radius 2 is 0.443 bits per heavy atom. The van der Waals surface area contributed by atoms with Gasteiger partial charge in [-0.05, 0) is 95.1 Å². The van der Waals surface area contributed by atoms with Crippen LogP contribution in [0.3, 0.4) is 0 Å². The minimum atomic E-state index is 0. The van der Waals surface area contributed by atoms with Crippen LogP contribution < -0.4 is 24.8 Å². The molecule has 2 aromatic carbocycles. The predicted octanol–water partition coefficient (Wildman–Crippen LogP) is -4.50. The number of hydrogen-bond donors (Lipinski definition) is 0. The first kappa shape index (κ1) is 69.6. The molecule has 0 saturated heterocycles. The van der Waals surface area contributed by atoms with E-state index in [2.05, 4.69) is 68.5 Å². The molecule has 0 amide bonds. The Hall–Kier alpha value is -5.96. The Balaban J connectivity index is -0.000000158. The molecule has 8 aromatic rings. The van der Waals surface area contributed by atoms with Crippen molar-refractivity contribution in [2.45, 2.75) is 0 Å². The van der Waals surface area contributed by atoms with Gasteiger partial charge < -0.3 is 79.6 Å². The number of nitrogens with zero attached hydrogens (tertiary/aromatic N) is 6. The Labute approximate surface area is 375 Å². The Morgan fingerprint density at radius 3 is 0.639 bits per heavy atom. The van der Waals surface area contributed by atoms with Crippen LogP contribution >= 0.6 is 0 Å². The van der Waals surface area contributed by atoms with Gasteiger partial charge in [0.25, 0.3) is 0 Å². The van der Waals surface area contributed by atoms with Gasteiger partial charge in [0.1, 0.15) is 0 Å². The van der Waals surface area contributed by atoms with Crippen molar-refractivity contribution in [1.29, 1.82) is 0 Å². The first-order valence-electron chi connectivity index (χ1n) is 15.6. The summed E-state index contributed by atoms with van der Waals surface area (Å²) >= 11 is 0. The first-order chi connectivity index (χ1) is 23.8. The van der Waals surface area contributed by atoms with Crippen molar-refractivity contribution in [3.05, 3.63) is 183 Å². The molecular weight excluding hydrogens is 875 g/mol. The standard InChI is InChI=1S/2C21H15N3.2ClH.Fe.10H2O/c2*1-2-8-16(9-3-1)17-14-20(18-10-4-6-12-22-18)24-21(15-17)19-11-5-7-13-23-19;;;;;;;;;;;;;/h2*1-15H;2*1H;;10*1H2/q;;;;+2;;;;;;;;;;/p-2. The third-order valence-corrected chi connectivity index (χ3v) is 7.57. The Morgan fingerprint density at radius 1 is 0.230 bits per heavy atom. The van der Waals surface area contributed by atoms with Crippen LogP contribution in [0.4, 0.5) is 0 Å². The molecule has 0 saturated carbocycles. The zero-order chi connectivity index (χ0) is 32.4. The molecule has 0 aliphatic heterocycles. The molecule has 8 rings (SSSR count). The van der Waals surface area contributed by atoms with E-state index in [1.807, 2.05) is 109 Å². The Kier molecular flexibility index (Phi) is 39.8. The molecule has 0 atom stereocenters. The number of aromatic nitrogens is 6. The fourth-order valence-corrected chi connectivity index (χ4v) is 5.24. The monoisotopic (exact) mass is 924 g/mol. The van der Waals surface area contributed by atoms with Gasteiger partial charge in [-0.2, -0.15) is 0 Å². The summed E-state index contributed by atoms with van der Waals surface area (Å²) in [5, 5.41) is 0. The van der Waals surface area contributed by atoms with Gasteiger partial charge in [0.2, 0.25) is 0 Å². The summed E-state index contributed by atoms with van der Waals surface area (Å²) in [5.41, 5.74) is 11.3. The molecular formula is C42H50Cl2FeN6O10. The number of pyridine rings is 6. The van der Waals surface area contributed by atoms with Gasteiger partial charge in [0.15, 0.2) is 0 Å². The zero-order valence-corrected chi connectivity index (χ0v) is 34.7. The van der Waals surface area contributed by atoms with Gasteiger partial charge in [-0.25, -0.2) is 9.97 Å². The SMILES string of the molecule is O.O.O.O.O.O.O.O.O.O.[Cl-].[Cl-].[Fe+2].c1ccc(-c2cc(-c3ccccn3)nc(-c3ccccn3)c2)cc1.c1ccc(-c2cc(-c3ccccn3)nc(-c3ccccn3)c2)cc1. The second-order valence-electron chi connectivity index (χ2n) is 10.8. The second-order valence-corrected chi connectivity index (χ2v) is 10.8. The topological polar surface area (TPSA) is 392 Å². The second kappa shape index (κ2) is 34.9. The number of rotatable bonds is 6. The van der Waals surface area contributed by atoms with E-state index >= 15 is 0 Å². The van der Waals surface area contributed by atoms with E-state index in [-0.39, 0.29) is 96.6 Å². The van der Waals surface area contributed by atoms with Gasteiger partial charge in [-0.3, -0.25) is 19.9 Å². The maximum absolute atomic E-state index is 4.77. The molecule has 0 radical (unpaired) electrons. The van der Waals surface area contributed by atoms with E-state index in [9.17, 15) is 0 Å².